The third-order valence-electron chi connectivity index (χ3n) is 5.07. The molecule has 1 aromatic heterocycles. The highest BCUT2D eigenvalue weighted by Crippen LogP contribution is 2.38. The van der Waals surface area contributed by atoms with Crippen molar-refractivity contribution in [2.45, 2.75) is 50.3 Å². The number of aromatic nitrogens is 2. The van der Waals surface area contributed by atoms with E-state index in [1.54, 1.807) is 0 Å². The molecule has 1 saturated carbocycles. The number of aliphatic hydroxyl groups excluding tert-OH is 1. The minimum Gasteiger partial charge on any atom is -0.387 e. The highest BCUT2D eigenvalue weighted by atomic mass is 16.5. The molecule has 6 heteroatoms. The summed E-state index contributed by atoms with van der Waals surface area (Å²) in [6.07, 6.45) is 4.18. The van der Waals surface area contributed by atoms with E-state index in [1.807, 2.05) is 30.3 Å². The van der Waals surface area contributed by atoms with E-state index in [1.165, 1.54) is 12.8 Å². The molecule has 25 heavy (non-hydrogen) atoms. The predicted molar refractivity (Wildman–Crippen MR) is 94.0 cm³/mol. The Kier molecular flexibility index (Phi) is 5.10. The summed E-state index contributed by atoms with van der Waals surface area (Å²) >= 11 is 0. The molecule has 6 nitrogen and oxygen atoms in total. The Morgan fingerprint density at radius 3 is 2.88 bits per heavy atom. The molecule has 1 aliphatic carbocycles. The molecule has 0 radical (unpaired) electrons. The highest BCUT2D eigenvalue weighted by molar-refractivity contribution is 5.17. The fourth-order valence-electron chi connectivity index (χ4n) is 3.46. The molecule has 2 atom stereocenters. The third kappa shape index (κ3) is 4.45. The van der Waals surface area contributed by atoms with Gasteiger partial charge in [-0.15, -0.1) is 0 Å². The minimum atomic E-state index is -0.463. The van der Waals surface area contributed by atoms with Crippen LogP contribution in [-0.2, 0) is 6.54 Å². The van der Waals surface area contributed by atoms with Crippen molar-refractivity contribution >= 4 is 0 Å². The Bertz CT molecular complexity index is 671. The van der Waals surface area contributed by atoms with Crippen molar-refractivity contribution in [2.75, 3.05) is 19.6 Å². The zero-order valence-corrected chi connectivity index (χ0v) is 14.5. The normalized spacial score (nSPS) is 22.8. The number of nitrogens with one attached hydrogen (secondary N) is 1. The van der Waals surface area contributed by atoms with Crippen molar-refractivity contribution in [3.8, 4) is 0 Å². The summed E-state index contributed by atoms with van der Waals surface area (Å²) in [5, 5.41) is 17.9. The monoisotopic (exact) mass is 342 g/mol. The zero-order chi connectivity index (χ0) is 17.1. The first kappa shape index (κ1) is 16.7. The number of nitrogens with zero attached hydrogens (tertiary/aromatic N) is 3. The van der Waals surface area contributed by atoms with E-state index >= 15 is 0 Å². The number of hydrogen-bond acceptors (Lipinski definition) is 6. The Morgan fingerprint density at radius 2 is 2.08 bits per heavy atom. The van der Waals surface area contributed by atoms with E-state index in [0.717, 1.165) is 49.8 Å². The molecule has 1 saturated heterocycles. The lowest BCUT2D eigenvalue weighted by atomic mass is 10.0. The molecule has 1 aliphatic heterocycles. The van der Waals surface area contributed by atoms with Gasteiger partial charge in [-0.2, -0.15) is 4.98 Å². The second-order valence-electron chi connectivity index (χ2n) is 7.23. The molecular formula is C19H26N4O2. The molecule has 2 heterocycles. The van der Waals surface area contributed by atoms with E-state index in [-0.39, 0.29) is 0 Å². The van der Waals surface area contributed by atoms with E-state index < -0.39 is 6.10 Å². The minimum absolute atomic E-state index is 0.391. The average molecular weight is 342 g/mol. The molecule has 0 spiro atoms. The highest BCUT2D eigenvalue weighted by Gasteiger charge is 2.30. The first-order valence-corrected chi connectivity index (χ1v) is 9.29. The van der Waals surface area contributed by atoms with Gasteiger partial charge in [0.05, 0.1) is 12.6 Å². The van der Waals surface area contributed by atoms with Crippen LogP contribution in [0, 0.1) is 0 Å². The summed E-state index contributed by atoms with van der Waals surface area (Å²) in [4.78, 5) is 6.90. The molecule has 2 N–H and O–H groups in total. The van der Waals surface area contributed by atoms with Gasteiger partial charge in [0.25, 0.3) is 0 Å². The second-order valence-corrected chi connectivity index (χ2v) is 7.23. The first-order chi connectivity index (χ1) is 12.3. The fraction of sp³-hybridized carbons (Fsp3) is 0.579. The lowest BCUT2D eigenvalue weighted by Crippen LogP contribution is -2.46. The fourth-order valence-corrected chi connectivity index (χ4v) is 3.46. The van der Waals surface area contributed by atoms with Crippen LogP contribution in [0.15, 0.2) is 34.9 Å². The maximum atomic E-state index is 10.3. The predicted octanol–water partition coefficient (Wildman–Crippen LogP) is 2.23. The summed E-state index contributed by atoms with van der Waals surface area (Å²) in [6, 6.07) is 10.2. The number of benzene rings is 1. The average Bonchev–Trinajstić information content (AvgIpc) is 3.40. The van der Waals surface area contributed by atoms with Crippen LogP contribution < -0.4 is 5.32 Å². The molecule has 2 aromatic rings. The van der Waals surface area contributed by atoms with Crippen molar-refractivity contribution < 1.29 is 9.63 Å². The summed E-state index contributed by atoms with van der Waals surface area (Å²) in [6.45, 7) is 3.34. The molecule has 134 valence electrons. The molecular weight excluding hydrogens is 316 g/mol. The van der Waals surface area contributed by atoms with Gasteiger partial charge in [-0.25, -0.2) is 0 Å². The maximum absolute atomic E-state index is 10.3. The summed E-state index contributed by atoms with van der Waals surface area (Å²) in [5.74, 6) is 2.12. The molecule has 2 fully saturated rings. The Balaban J connectivity index is 1.25. The molecule has 1 aromatic carbocycles. The van der Waals surface area contributed by atoms with Gasteiger partial charge in [-0.1, -0.05) is 35.5 Å². The summed E-state index contributed by atoms with van der Waals surface area (Å²) < 4.78 is 5.35. The van der Waals surface area contributed by atoms with Crippen LogP contribution in [0.5, 0.6) is 0 Å². The maximum Gasteiger partial charge on any atom is 0.229 e. The van der Waals surface area contributed by atoms with Crippen molar-refractivity contribution in [3.05, 3.63) is 47.6 Å². The molecule has 2 unspecified atom stereocenters. The van der Waals surface area contributed by atoms with Crippen LogP contribution >= 0.6 is 0 Å². The van der Waals surface area contributed by atoms with Gasteiger partial charge >= 0.3 is 0 Å². The van der Waals surface area contributed by atoms with E-state index in [9.17, 15) is 5.11 Å². The van der Waals surface area contributed by atoms with Gasteiger partial charge in [0, 0.05) is 25.0 Å². The van der Waals surface area contributed by atoms with Gasteiger partial charge < -0.3 is 14.9 Å². The quantitative estimate of drug-likeness (QED) is 0.804. The smallest absolute Gasteiger partial charge is 0.229 e. The van der Waals surface area contributed by atoms with Gasteiger partial charge in [0.15, 0.2) is 5.82 Å². The first-order valence-electron chi connectivity index (χ1n) is 9.29. The number of hydrogen-bond donors (Lipinski definition) is 2. The SMILES string of the molecule is OC(CNC1CCCN(Cc2noc(C3CC3)n2)C1)c1ccccc1. The van der Waals surface area contributed by atoms with Gasteiger partial charge in [0.2, 0.25) is 5.89 Å². The Morgan fingerprint density at radius 1 is 1.24 bits per heavy atom. The Hall–Kier alpha value is -1.76. The number of piperidine rings is 1. The van der Waals surface area contributed by atoms with Gasteiger partial charge in [-0.3, -0.25) is 4.90 Å². The molecule has 0 amide bonds. The lowest BCUT2D eigenvalue weighted by Gasteiger charge is -2.33. The number of aliphatic hydroxyl groups is 1. The molecule has 2 aliphatic rings. The van der Waals surface area contributed by atoms with Crippen LogP contribution in [0.1, 0.15) is 55.0 Å². The topological polar surface area (TPSA) is 74.4 Å². The standard InChI is InChI=1S/C19H26N4O2/c24-17(14-5-2-1-3-6-14)11-20-16-7-4-10-23(12-16)13-18-21-19(25-22-18)15-8-9-15/h1-3,5-6,15-17,20,24H,4,7-13H2. The van der Waals surface area contributed by atoms with Crippen molar-refractivity contribution in [3.63, 3.8) is 0 Å². The van der Waals surface area contributed by atoms with Crippen LogP contribution in [0.3, 0.4) is 0 Å². The van der Waals surface area contributed by atoms with E-state index in [4.69, 9.17) is 4.52 Å². The van der Waals surface area contributed by atoms with Crippen LogP contribution in [-0.4, -0.2) is 45.8 Å². The Labute approximate surface area is 148 Å². The van der Waals surface area contributed by atoms with Crippen molar-refractivity contribution in [1.82, 2.24) is 20.4 Å². The van der Waals surface area contributed by atoms with Gasteiger partial charge in [0.1, 0.15) is 0 Å². The third-order valence-corrected chi connectivity index (χ3v) is 5.07. The number of likely N-dealkylation sites (tertiary alicyclic amines) is 1. The summed E-state index contributed by atoms with van der Waals surface area (Å²) in [5.41, 5.74) is 0.960. The van der Waals surface area contributed by atoms with Crippen molar-refractivity contribution in [1.29, 1.82) is 0 Å². The van der Waals surface area contributed by atoms with E-state index in [2.05, 4.69) is 20.4 Å². The van der Waals surface area contributed by atoms with Crippen LogP contribution in [0.2, 0.25) is 0 Å². The van der Waals surface area contributed by atoms with Crippen LogP contribution in [0.4, 0.5) is 0 Å². The number of rotatable bonds is 7. The van der Waals surface area contributed by atoms with Crippen molar-refractivity contribution in [2.24, 2.45) is 0 Å². The lowest BCUT2D eigenvalue weighted by molar-refractivity contribution is 0.142. The second kappa shape index (κ2) is 7.64. The molecule has 4 rings (SSSR count). The largest absolute Gasteiger partial charge is 0.387 e. The van der Waals surface area contributed by atoms with Gasteiger partial charge in [-0.05, 0) is 37.8 Å². The summed E-state index contributed by atoms with van der Waals surface area (Å²) in [7, 11) is 0. The zero-order valence-electron chi connectivity index (χ0n) is 14.5. The van der Waals surface area contributed by atoms with Crippen LogP contribution in [0.25, 0.3) is 0 Å². The van der Waals surface area contributed by atoms with E-state index in [0.29, 0.717) is 18.5 Å². The molecule has 0 bridgehead atoms.